The van der Waals surface area contributed by atoms with Crippen molar-refractivity contribution in [3.8, 4) is 29.4 Å². The van der Waals surface area contributed by atoms with E-state index in [2.05, 4.69) is 30.5 Å². The van der Waals surface area contributed by atoms with Crippen LogP contribution in [0.25, 0.3) is 33.1 Å². The summed E-state index contributed by atoms with van der Waals surface area (Å²) in [5.41, 5.74) is 5.81. The first-order chi connectivity index (χ1) is 13.7. The molecule has 0 N–H and O–H groups in total. The zero-order chi connectivity index (χ0) is 19.7. The lowest BCUT2D eigenvalue weighted by molar-refractivity contribution is 0.411. The lowest BCUT2D eigenvalue weighted by Gasteiger charge is -2.10. The number of ether oxygens (including phenoxy) is 1. The molecular formula is C24H21N3O. The number of fused-ring (bicyclic) bond motifs is 3. The summed E-state index contributed by atoms with van der Waals surface area (Å²) in [6, 6.07) is 12.1. The van der Waals surface area contributed by atoms with E-state index in [9.17, 15) is 0 Å². The SMILES string of the molecule is C#Cc1ccc(-c2nn(CC=C)c3cnc4cc(OC)c(CC)cc4c23)cc1. The predicted molar refractivity (Wildman–Crippen MR) is 115 cm³/mol. The van der Waals surface area contributed by atoms with Crippen LogP contribution in [0.2, 0.25) is 0 Å². The molecule has 4 nitrogen and oxygen atoms in total. The Balaban J connectivity index is 2.08. The van der Waals surface area contributed by atoms with Crippen molar-refractivity contribution in [2.24, 2.45) is 0 Å². The van der Waals surface area contributed by atoms with Gasteiger partial charge in [0.2, 0.25) is 0 Å². The summed E-state index contributed by atoms with van der Waals surface area (Å²) in [5.74, 6) is 3.52. The maximum absolute atomic E-state index is 5.55. The van der Waals surface area contributed by atoms with Gasteiger partial charge in [0.05, 0.1) is 30.9 Å². The van der Waals surface area contributed by atoms with Gasteiger partial charge in [-0.15, -0.1) is 13.0 Å². The molecular weight excluding hydrogens is 346 g/mol. The Morgan fingerprint density at radius 2 is 2.04 bits per heavy atom. The number of allylic oxidation sites excluding steroid dienone is 1. The summed E-state index contributed by atoms with van der Waals surface area (Å²) in [4.78, 5) is 4.67. The third-order valence-corrected chi connectivity index (χ3v) is 4.99. The maximum Gasteiger partial charge on any atom is 0.124 e. The smallest absolute Gasteiger partial charge is 0.124 e. The van der Waals surface area contributed by atoms with E-state index in [1.54, 1.807) is 7.11 Å². The van der Waals surface area contributed by atoms with E-state index in [0.717, 1.165) is 56.4 Å². The molecule has 0 fully saturated rings. The predicted octanol–water partition coefficient (Wildman–Crippen LogP) is 4.99. The van der Waals surface area contributed by atoms with E-state index in [1.165, 1.54) is 0 Å². The van der Waals surface area contributed by atoms with Crippen LogP contribution in [0.5, 0.6) is 5.75 Å². The Morgan fingerprint density at radius 1 is 1.25 bits per heavy atom. The second kappa shape index (κ2) is 7.21. The molecule has 0 aliphatic carbocycles. The molecule has 138 valence electrons. The van der Waals surface area contributed by atoms with Gasteiger partial charge >= 0.3 is 0 Å². The Labute approximate surface area is 164 Å². The monoisotopic (exact) mass is 367 g/mol. The van der Waals surface area contributed by atoms with Gasteiger partial charge in [0.1, 0.15) is 11.4 Å². The zero-order valence-corrected chi connectivity index (χ0v) is 16.1. The Bertz CT molecular complexity index is 1230. The number of nitrogens with zero attached hydrogens (tertiary/aromatic N) is 3. The Hall–Kier alpha value is -3.58. The van der Waals surface area contributed by atoms with E-state index < -0.39 is 0 Å². The molecule has 2 heterocycles. The molecule has 4 heteroatoms. The molecule has 0 atom stereocenters. The number of terminal acetylenes is 1. The van der Waals surface area contributed by atoms with Crippen molar-refractivity contribution in [3.63, 3.8) is 0 Å². The van der Waals surface area contributed by atoms with Gasteiger partial charge in [-0.3, -0.25) is 9.67 Å². The fraction of sp³-hybridized carbons (Fsp3) is 0.167. The number of methoxy groups -OCH3 is 1. The van der Waals surface area contributed by atoms with Gasteiger partial charge in [-0.05, 0) is 30.2 Å². The molecule has 0 saturated heterocycles. The van der Waals surface area contributed by atoms with Gasteiger partial charge in [0.15, 0.2) is 0 Å². The summed E-state index contributed by atoms with van der Waals surface area (Å²) in [6.45, 7) is 6.60. The van der Waals surface area contributed by atoms with Gasteiger partial charge in [0.25, 0.3) is 0 Å². The van der Waals surface area contributed by atoms with Crippen molar-refractivity contribution in [2.45, 2.75) is 19.9 Å². The summed E-state index contributed by atoms with van der Waals surface area (Å²) in [6.07, 6.45) is 10.1. The summed E-state index contributed by atoms with van der Waals surface area (Å²) < 4.78 is 7.49. The van der Waals surface area contributed by atoms with Gasteiger partial charge in [-0.1, -0.05) is 31.1 Å². The molecule has 4 rings (SSSR count). The molecule has 28 heavy (non-hydrogen) atoms. The van der Waals surface area contributed by atoms with Crippen LogP contribution in [-0.2, 0) is 13.0 Å². The van der Waals surface area contributed by atoms with Crippen molar-refractivity contribution in [3.05, 3.63) is 66.4 Å². The standard InChI is InChI=1S/C24H21N3O/c1-5-12-27-21-15-25-20-14-22(28-4)17(7-3)13-19(20)23(21)24(26-27)18-10-8-16(6-2)9-11-18/h2,5,8-11,13-15H,1,7,12H2,3-4H3. The van der Waals surface area contributed by atoms with Crippen LogP contribution in [0.3, 0.4) is 0 Å². The van der Waals surface area contributed by atoms with Gasteiger partial charge in [-0.25, -0.2) is 0 Å². The van der Waals surface area contributed by atoms with Gasteiger partial charge in [-0.2, -0.15) is 5.10 Å². The van der Waals surface area contributed by atoms with Crippen molar-refractivity contribution >= 4 is 21.8 Å². The topological polar surface area (TPSA) is 39.9 Å². The van der Waals surface area contributed by atoms with E-state index in [0.29, 0.717) is 6.54 Å². The second-order valence-electron chi connectivity index (χ2n) is 6.59. The summed E-state index contributed by atoms with van der Waals surface area (Å²) in [5, 5.41) is 7.03. The number of benzene rings is 2. The third kappa shape index (κ3) is 2.82. The minimum absolute atomic E-state index is 0.614. The first kappa shape index (κ1) is 17.8. The minimum Gasteiger partial charge on any atom is -0.496 e. The van der Waals surface area contributed by atoms with Crippen molar-refractivity contribution in [1.29, 1.82) is 0 Å². The molecule has 0 aliphatic heterocycles. The zero-order valence-electron chi connectivity index (χ0n) is 16.1. The van der Waals surface area contributed by atoms with Crippen LogP contribution in [0.1, 0.15) is 18.1 Å². The van der Waals surface area contributed by atoms with Crippen LogP contribution >= 0.6 is 0 Å². The minimum atomic E-state index is 0.614. The van der Waals surface area contributed by atoms with E-state index in [-0.39, 0.29) is 0 Å². The fourth-order valence-corrected chi connectivity index (χ4v) is 3.58. The number of pyridine rings is 1. The number of rotatable bonds is 5. The van der Waals surface area contributed by atoms with Crippen LogP contribution < -0.4 is 4.74 Å². The fourth-order valence-electron chi connectivity index (χ4n) is 3.58. The van der Waals surface area contributed by atoms with Crippen molar-refractivity contribution < 1.29 is 4.74 Å². The van der Waals surface area contributed by atoms with E-state index >= 15 is 0 Å². The molecule has 0 spiro atoms. The number of hydrogen-bond donors (Lipinski definition) is 0. The number of hydrogen-bond acceptors (Lipinski definition) is 3. The Morgan fingerprint density at radius 3 is 2.68 bits per heavy atom. The molecule has 2 aromatic carbocycles. The second-order valence-corrected chi connectivity index (χ2v) is 6.59. The van der Waals surface area contributed by atoms with Crippen molar-refractivity contribution in [1.82, 2.24) is 14.8 Å². The van der Waals surface area contributed by atoms with Crippen LogP contribution in [0.4, 0.5) is 0 Å². The van der Waals surface area contributed by atoms with Crippen LogP contribution in [-0.4, -0.2) is 21.9 Å². The lowest BCUT2D eigenvalue weighted by atomic mass is 10.0. The van der Waals surface area contributed by atoms with Crippen LogP contribution in [0, 0.1) is 12.3 Å². The summed E-state index contributed by atoms with van der Waals surface area (Å²) in [7, 11) is 1.69. The highest BCUT2D eigenvalue weighted by atomic mass is 16.5. The maximum atomic E-state index is 5.55. The third-order valence-electron chi connectivity index (χ3n) is 4.99. The highest BCUT2D eigenvalue weighted by Crippen LogP contribution is 2.36. The molecule has 0 bridgehead atoms. The molecule has 2 aromatic heterocycles. The average molecular weight is 367 g/mol. The lowest BCUT2D eigenvalue weighted by Crippen LogP contribution is -1.97. The molecule has 0 unspecified atom stereocenters. The number of aryl methyl sites for hydroxylation is 1. The normalized spacial score (nSPS) is 10.9. The number of aromatic nitrogens is 3. The molecule has 0 radical (unpaired) electrons. The molecule has 4 aromatic rings. The Kier molecular flexibility index (Phi) is 4.58. The first-order valence-electron chi connectivity index (χ1n) is 9.24. The average Bonchev–Trinajstić information content (AvgIpc) is 3.11. The van der Waals surface area contributed by atoms with Crippen molar-refractivity contribution in [2.75, 3.05) is 7.11 Å². The molecule has 0 amide bonds. The van der Waals surface area contributed by atoms with Crippen LogP contribution in [0.15, 0.2) is 55.3 Å². The molecule has 0 aliphatic rings. The van der Waals surface area contributed by atoms with Gasteiger partial charge in [0, 0.05) is 28.0 Å². The molecule has 0 saturated carbocycles. The first-order valence-corrected chi connectivity index (χ1v) is 9.24. The largest absolute Gasteiger partial charge is 0.496 e. The highest BCUT2D eigenvalue weighted by Gasteiger charge is 2.17. The quantitative estimate of drug-likeness (QED) is 0.368. The highest BCUT2D eigenvalue weighted by molar-refractivity contribution is 6.11. The summed E-state index contributed by atoms with van der Waals surface area (Å²) >= 11 is 0. The van der Waals surface area contributed by atoms with E-state index in [4.69, 9.17) is 16.3 Å². The van der Waals surface area contributed by atoms with Gasteiger partial charge < -0.3 is 4.74 Å². The van der Waals surface area contributed by atoms with E-state index in [1.807, 2.05) is 47.3 Å².